The van der Waals surface area contributed by atoms with Crippen molar-refractivity contribution in [2.45, 2.75) is 59.1 Å². The van der Waals surface area contributed by atoms with E-state index in [1.807, 2.05) is 20.0 Å². The highest BCUT2D eigenvalue weighted by Crippen LogP contribution is 2.27. The zero-order chi connectivity index (χ0) is 13.8. The predicted molar refractivity (Wildman–Crippen MR) is 73.3 cm³/mol. The largest absolute Gasteiger partial charge is 0.368 e. The molecule has 1 heterocycles. The van der Waals surface area contributed by atoms with Crippen LogP contribution >= 0.6 is 0 Å². The van der Waals surface area contributed by atoms with E-state index in [4.69, 9.17) is 10.5 Å². The summed E-state index contributed by atoms with van der Waals surface area (Å²) in [7, 11) is 0. The minimum atomic E-state index is -0.411. The maximum Gasteiger partial charge on any atom is 0.160 e. The van der Waals surface area contributed by atoms with Crippen LogP contribution in [0.3, 0.4) is 0 Å². The van der Waals surface area contributed by atoms with Crippen molar-refractivity contribution < 1.29 is 4.74 Å². The monoisotopic (exact) mass is 251 g/mol. The second kappa shape index (κ2) is 6.25. The van der Waals surface area contributed by atoms with Crippen molar-refractivity contribution in [3.8, 4) is 0 Å². The molecule has 0 aliphatic carbocycles. The summed E-state index contributed by atoms with van der Waals surface area (Å²) in [5.74, 6) is 1.10. The predicted octanol–water partition coefficient (Wildman–Crippen LogP) is 2.72. The molecule has 18 heavy (non-hydrogen) atoms. The highest BCUT2D eigenvalue weighted by Gasteiger charge is 2.29. The van der Waals surface area contributed by atoms with E-state index in [1.54, 1.807) is 0 Å². The lowest BCUT2D eigenvalue weighted by molar-refractivity contribution is -0.0392. The number of nitrogens with two attached hydrogens (primary N) is 1. The van der Waals surface area contributed by atoms with E-state index < -0.39 is 5.60 Å². The van der Waals surface area contributed by atoms with E-state index in [2.05, 4.69) is 30.7 Å². The first-order valence-corrected chi connectivity index (χ1v) is 6.68. The van der Waals surface area contributed by atoms with Crippen molar-refractivity contribution in [1.82, 2.24) is 9.97 Å². The van der Waals surface area contributed by atoms with Gasteiger partial charge in [0.25, 0.3) is 0 Å². The molecule has 0 amide bonds. The second-order valence-corrected chi connectivity index (χ2v) is 4.98. The van der Waals surface area contributed by atoms with Gasteiger partial charge in [-0.25, -0.2) is 9.97 Å². The fourth-order valence-electron chi connectivity index (χ4n) is 1.98. The van der Waals surface area contributed by atoms with Crippen LogP contribution in [-0.4, -0.2) is 16.6 Å². The molecule has 1 aromatic heterocycles. The molecule has 102 valence electrons. The Hall–Kier alpha value is -1.00. The van der Waals surface area contributed by atoms with E-state index in [0.717, 1.165) is 23.5 Å². The molecule has 0 bridgehead atoms. The number of nitrogens with zero attached hydrogens (tertiary/aromatic N) is 2. The SMILES string of the molecule is CCOC(C)(CC)c1ncc(CN)c(C(C)C)n1. The molecule has 2 N–H and O–H groups in total. The maximum absolute atomic E-state index is 5.82. The lowest BCUT2D eigenvalue weighted by Gasteiger charge is -2.27. The summed E-state index contributed by atoms with van der Waals surface area (Å²) in [5.41, 5.74) is 7.36. The molecule has 0 aliphatic heterocycles. The second-order valence-electron chi connectivity index (χ2n) is 4.98. The molecule has 1 rings (SSSR count). The average molecular weight is 251 g/mol. The zero-order valence-electron chi connectivity index (χ0n) is 12.2. The lowest BCUT2D eigenvalue weighted by atomic mass is 10.00. The van der Waals surface area contributed by atoms with Crippen molar-refractivity contribution >= 4 is 0 Å². The topological polar surface area (TPSA) is 61.0 Å². The average Bonchev–Trinajstić information content (AvgIpc) is 2.38. The van der Waals surface area contributed by atoms with Crippen LogP contribution in [0.5, 0.6) is 0 Å². The molecular formula is C14H25N3O. The van der Waals surface area contributed by atoms with Gasteiger partial charge in [-0.3, -0.25) is 0 Å². The number of ether oxygens (including phenoxy) is 1. The third kappa shape index (κ3) is 3.06. The first kappa shape index (κ1) is 15.1. The van der Waals surface area contributed by atoms with Gasteiger partial charge in [0, 0.05) is 24.9 Å². The summed E-state index contributed by atoms with van der Waals surface area (Å²) < 4.78 is 5.82. The fourth-order valence-corrected chi connectivity index (χ4v) is 1.98. The standard InChI is InChI=1S/C14H25N3O/c1-6-14(5,18-7-2)13-16-9-11(8-15)12(17-13)10(3)4/h9-10H,6-8,15H2,1-5H3. The Morgan fingerprint density at radius 1 is 1.39 bits per heavy atom. The van der Waals surface area contributed by atoms with Crippen molar-refractivity contribution in [2.24, 2.45) is 5.73 Å². The van der Waals surface area contributed by atoms with E-state index in [-0.39, 0.29) is 0 Å². The Balaban J connectivity index is 3.21. The molecule has 1 atom stereocenters. The Kier molecular flexibility index (Phi) is 5.23. The Morgan fingerprint density at radius 2 is 2.06 bits per heavy atom. The summed E-state index contributed by atoms with van der Waals surface area (Å²) in [6.45, 7) is 11.5. The summed E-state index contributed by atoms with van der Waals surface area (Å²) >= 11 is 0. The number of hydrogen-bond donors (Lipinski definition) is 1. The van der Waals surface area contributed by atoms with E-state index in [1.165, 1.54) is 0 Å². The molecule has 1 unspecified atom stereocenters. The minimum absolute atomic E-state index is 0.341. The molecule has 0 aromatic carbocycles. The van der Waals surface area contributed by atoms with E-state index >= 15 is 0 Å². The van der Waals surface area contributed by atoms with Crippen LogP contribution in [0.4, 0.5) is 0 Å². The number of aromatic nitrogens is 2. The van der Waals surface area contributed by atoms with Gasteiger partial charge in [-0.1, -0.05) is 20.8 Å². The van der Waals surface area contributed by atoms with Crippen LogP contribution in [0.15, 0.2) is 6.20 Å². The summed E-state index contributed by atoms with van der Waals surface area (Å²) in [6.07, 6.45) is 2.69. The first-order chi connectivity index (χ1) is 8.48. The van der Waals surface area contributed by atoms with Crippen LogP contribution in [0.2, 0.25) is 0 Å². The van der Waals surface area contributed by atoms with Gasteiger partial charge in [0.1, 0.15) is 5.60 Å². The van der Waals surface area contributed by atoms with Crippen molar-refractivity contribution in [3.05, 3.63) is 23.3 Å². The molecule has 0 radical (unpaired) electrons. The summed E-state index contributed by atoms with van der Waals surface area (Å²) in [5, 5.41) is 0. The van der Waals surface area contributed by atoms with Crippen LogP contribution in [0.1, 0.15) is 64.0 Å². The van der Waals surface area contributed by atoms with Crippen molar-refractivity contribution in [1.29, 1.82) is 0 Å². The van der Waals surface area contributed by atoms with Crippen molar-refractivity contribution in [2.75, 3.05) is 6.61 Å². The molecular weight excluding hydrogens is 226 g/mol. The van der Waals surface area contributed by atoms with Gasteiger partial charge in [-0.15, -0.1) is 0 Å². The molecule has 0 fully saturated rings. The third-order valence-electron chi connectivity index (χ3n) is 3.28. The molecule has 0 saturated heterocycles. The highest BCUT2D eigenvalue weighted by atomic mass is 16.5. The molecule has 0 spiro atoms. The van der Waals surface area contributed by atoms with Crippen LogP contribution in [0.25, 0.3) is 0 Å². The number of rotatable bonds is 6. The van der Waals surface area contributed by atoms with Crippen LogP contribution < -0.4 is 5.73 Å². The van der Waals surface area contributed by atoms with Gasteiger partial charge >= 0.3 is 0 Å². The van der Waals surface area contributed by atoms with Gasteiger partial charge < -0.3 is 10.5 Å². The smallest absolute Gasteiger partial charge is 0.160 e. The van der Waals surface area contributed by atoms with Crippen molar-refractivity contribution in [3.63, 3.8) is 0 Å². The third-order valence-corrected chi connectivity index (χ3v) is 3.28. The molecule has 0 saturated carbocycles. The zero-order valence-corrected chi connectivity index (χ0v) is 12.2. The van der Waals surface area contributed by atoms with E-state index in [9.17, 15) is 0 Å². The molecule has 4 nitrogen and oxygen atoms in total. The molecule has 4 heteroatoms. The fraction of sp³-hybridized carbons (Fsp3) is 0.714. The quantitative estimate of drug-likeness (QED) is 0.844. The molecule has 0 aliphatic rings. The summed E-state index contributed by atoms with van der Waals surface area (Å²) in [4.78, 5) is 9.13. The van der Waals surface area contributed by atoms with Crippen LogP contribution in [-0.2, 0) is 16.9 Å². The Morgan fingerprint density at radius 3 is 2.50 bits per heavy atom. The number of hydrogen-bond acceptors (Lipinski definition) is 4. The molecule has 1 aromatic rings. The van der Waals surface area contributed by atoms with Gasteiger partial charge in [-0.2, -0.15) is 0 Å². The Labute approximate surface area is 110 Å². The minimum Gasteiger partial charge on any atom is -0.368 e. The summed E-state index contributed by atoms with van der Waals surface area (Å²) in [6, 6.07) is 0. The lowest BCUT2D eigenvalue weighted by Crippen LogP contribution is -2.29. The van der Waals surface area contributed by atoms with Gasteiger partial charge in [0.2, 0.25) is 0 Å². The van der Waals surface area contributed by atoms with Gasteiger partial charge in [0.05, 0.1) is 5.69 Å². The van der Waals surface area contributed by atoms with Crippen LogP contribution in [0, 0.1) is 0 Å². The Bertz CT molecular complexity index is 393. The highest BCUT2D eigenvalue weighted by molar-refractivity contribution is 5.22. The first-order valence-electron chi connectivity index (χ1n) is 6.68. The maximum atomic E-state index is 5.82. The van der Waals surface area contributed by atoms with Gasteiger partial charge in [-0.05, 0) is 26.2 Å². The van der Waals surface area contributed by atoms with E-state index in [0.29, 0.717) is 19.1 Å². The van der Waals surface area contributed by atoms with Gasteiger partial charge in [0.15, 0.2) is 5.82 Å². The normalized spacial score (nSPS) is 14.8.